The molecule has 0 bridgehead atoms. The van der Waals surface area contributed by atoms with Gasteiger partial charge in [-0.3, -0.25) is 0 Å². The number of halogens is 2. The molecule has 1 aromatic carbocycles. The van der Waals surface area contributed by atoms with Crippen LogP contribution >= 0.6 is 23.2 Å². The van der Waals surface area contributed by atoms with Crippen LogP contribution in [0.3, 0.4) is 0 Å². The van der Waals surface area contributed by atoms with Gasteiger partial charge >= 0.3 is 0 Å². The molecule has 2 rings (SSSR count). The van der Waals surface area contributed by atoms with E-state index in [-0.39, 0.29) is 21.1 Å². The molecule has 0 spiro atoms. The van der Waals surface area contributed by atoms with Crippen molar-refractivity contribution in [2.45, 2.75) is 29.4 Å². The van der Waals surface area contributed by atoms with E-state index in [0.29, 0.717) is 18.0 Å². The van der Waals surface area contributed by atoms with E-state index in [2.05, 4.69) is 0 Å². The number of rotatable bonds is 3. The lowest BCUT2D eigenvalue weighted by Gasteiger charge is -2.18. The van der Waals surface area contributed by atoms with Gasteiger partial charge in [0.15, 0.2) is 9.84 Å². The average molecular weight is 308 g/mol. The third-order valence-electron chi connectivity index (χ3n) is 3.51. The highest BCUT2D eigenvalue weighted by atomic mass is 35.5. The second-order valence-corrected chi connectivity index (χ2v) is 7.57. The predicted octanol–water partition coefficient (Wildman–Crippen LogP) is 2.89. The molecule has 6 heteroatoms. The quantitative estimate of drug-likeness (QED) is 0.934. The molecule has 2 unspecified atom stereocenters. The molecular weight excluding hydrogens is 293 g/mol. The second kappa shape index (κ2) is 5.37. The fourth-order valence-electron chi connectivity index (χ4n) is 2.51. The first-order valence-corrected chi connectivity index (χ1v) is 8.16. The molecule has 0 amide bonds. The van der Waals surface area contributed by atoms with Gasteiger partial charge in [-0.15, -0.1) is 0 Å². The Morgan fingerprint density at radius 3 is 2.56 bits per heavy atom. The van der Waals surface area contributed by atoms with Crippen LogP contribution in [0.2, 0.25) is 10.0 Å². The molecule has 1 aliphatic rings. The highest BCUT2D eigenvalue weighted by molar-refractivity contribution is 7.92. The molecule has 100 valence electrons. The van der Waals surface area contributed by atoms with Crippen molar-refractivity contribution in [3.05, 3.63) is 28.2 Å². The Labute approximate surface area is 117 Å². The van der Waals surface area contributed by atoms with Gasteiger partial charge < -0.3 is 5.73 Å². The smallest absolute Gasteiger partial charge is 0.181 e. The van der Waals surface area contributed by atoms with Gasteiger partial charge in [0, 0.05) is 0 Å². The van der Waals surface area contributed by atoms with Crippen LogP contribution < -0.4 is 5.73 Å². The van der Waals surface area contributed by atoms with Crippen LogP contribution in [-0.2, 0) is 9.84 Å². The SMILES string of the molecule is NCC1CCCC1S(=O)(=O)c1ccc(Cl)c(Cl)c1. The zero-order chi connectivity index (χ0) is 13.3. The van der Waals surface area contributed by atoms with E-state index in [0.717, 1.165) is 12.8 Å². The summed E-state index contributed by atoms with van der Waals surface area (Å²) in [7, 11) is -3.36. The van der Waals surface area contributed by atoms with Gasteiger partial charge in [-0.1, -0.05) is 29.6 Å². The number of benzene rings is 1. The van der Waals surface area contributed by atoms with Crippen LogP contribution in [0.15, 0.2) is 23.1 Å². The fourth-order valence-corrected chi connectivity index (χ4v) is 4.99. The van der Waals surface area contributed by atoms with Crippen LogP contribution in [-0.4, -0.2) is 20.2 Å². The monoisotopic (exact) mass is 307 g/mol. The van der Waals surface area contributed by atoms with Crippen LogP contribution in [0.25, 0.3) is 0 Å². The van der Waals surface area contributed by atoms with Gasteiger partial charge in [0.05, 0.1) is 20.2 Å². The van der Waals surface area contributed by atoms with Gasteiger partial charge in [0.2, 0.25) is 0 Å². The van der Waals surface area contributed by atoms with Crippen LogP contribution in [0.5, 0.6) is 0 Å². The summed E-state index contributed by atoms with van der Waals surface area (Å²) in [6.45, 7) is 0.408. The molecule has 0 saturated heterocycles. The van der Waals surface area contributed by atoms with E-state index in [1.165, 1.54) is 18.2 Å². The lowest BCUT2D eigenvalue weighted by atomic mass is 10.1. The topological polar surface area (TPSA) is 60.2 Å². The normalized spacial score (nSPS) is 24.4. The summed E-state index contributed by atoms with van der Waals surface area (Å²) < 4.78 is 25.0. The maximum absolute atomic E-state index is 12.5. The van der Waals surface area contributed by atoms with Crippen molar-refractivity contribution in [3.8, 4) is 0 Å². The molecule has 1 saturated carbocycles. The van der Waals surface area contributed by atoms with Crippen molar-refractivity contribution in [1.29, 1.82) is 0 Å². The molecule has 1 aromatic rings. The minimum Gasteiger partial charge on any atom is -0.330 e. The Balaban J connectivity index is 2.38. The summed E-state index contributed by atoms with van der Waals surface area (Å²) in [6, 6.07) is 4.45. The molecule has 3 nitrogen and oxygen atoms in total. The summed E-state index contributed by atoms with van der Waals surface area (Å²) in [6.07, 6.45) is 2.46. The molecule has 18 heavy (non-hydrogen) atoms. The van der Waals surface area contributed by atoms with Gasteiger partial charge in [-0.25, -0.2) is 8.42 Å². The largest absolute Gasteiger partial charge is 0.330 e. The van der Waals surface area contributed by atoms with Crippen LogP contribution in [0, 0.1) is 5.92 Å². The van der Waals surface area contributed by atoms with Crippen molar-refractivity contribution >= 4 is 33.0 Å². The first kappa shape index (κ1) is 14.1. The minimum absolute atomic E-state index is 0.0458. The Morgan fingerprint density at radius 2 is 1.94 bits per heavy atom. The first-order valence-electron chi connectivity index (χ1n) is 5.86. The number of hydrogen-bond donors (Lipinski definition) is 1. The van der Waals surface area contributed by atoms with E-state index in [9.17, 15) is 8.42 Å². The van der Waals surface area contributed by atoms with Gasteiger partial charge in [-0.05, 0) is 43.5 Å². The fraction of sp³-hybridized carbons (Fsp3) is 0.500. The summed E-state index contributed by atoms with van der Waals surface area (Å²) >= 11 is 11.7. The molecule has 0 radical (unpaired) electrons. The lowest BCUT2D eigenvalue weighted by Crippen LogP contribution is -2.30. The Hall–Kier alpha value is -0.290. The van der Waals surface area contributed by atoms with E-state index < -0.39 is 9.84 Å². The third-order valence-corrected chi connectivity index (χ3v) is 6.58. The molecule has 2 N–H and O–H groups in total. The summed E-state index contributed by atoms with van der Waals surface area (Å²) in [5, 5.41) is 0.234. The Bertz CT molecular complexity index is 545. The Kier molecular flexibility index (Phi) is 4.22. The highest BCUT2D eigenvalue weighted by Crippen LogP contribution is 2.35. The van der Waals surface area contributed by atoms with Crippen molar-refractivity contribution in [3.63, 3.8) is 0 Å². The molecule has 0 heterocycles. The van der Waals surface area contributed by atoms with Crippen molar-refractivity contribution in [2.24, 2.45) is 11.7 Å². The summed E-state index contributed by atoms with van der Waals surface area (Å²) in [4.78, 5) is 0.238. The van der Waals surface area contributed by atoms with Crippen molar-refractivity contribution in [1.82, 2.24) is 0 Å². The molecule has 0 aliphatic heterocycles. The average Bonchev–Trinajstić information content (AvgIpc) is 2.81. The number of hydrogen-bond acceptors (Lipinski definition) is 3. The molecule has 1 fully saturated rings. The van der Waals surface area contributed by atoms with E-state index in [1.54, 1.807) is 0 Å². The molecular formula is C12H15Cl2NO2S. The number of sulfone groups is 1. The van der Waals surface area contributed by atoms with Gasteiger partial charge in [0.1, 0.15) is 0 Å². The molecule has 2 atom stereocenters. The first-order chi connectivity index (χ1) is 8.46. The predicted molar refractivity (Wildman–Crippen MR) is 73.8 cm³/mol. The lowest BCUT2D eigenvalue weighted by molar-refractivity contribution is 0.524. The second-order valence-electron chi connectivity index (χ2n) is 4.59. The molecule has 1 aliphatic carbocycles. The van der Waals surface area contributed by atoms with E-state index in [1.807, 2.05) is 0 Å². The zero-order valence-corrected chi connectivity index (χ0v) is 12.1. The summed E-state index contributed by atoms with van der Waals surface area (Å²) in [5.41, 5.74) is 5.64. The van der Waals surface area contributed by atoms with Gasteiger partial charge in [0.25, 0.3) is 0 Å². The summed E-state index contributed by atoms with van der Waals surface area (Å²) in [5.74, 6) is 0.0458. The number of nitrogens with two attached hydrogens (primary N) is 1. The third kappa shape index (κ3) is 2.52. The molecule has 0 aromatic heterocycles. The zero-order valence-electron chi connectivity index (χ0n) is 9.77. The van der Waals surface area contributed by atoms with Gasteiger partial charge in [-0.2, -0.15) is 0 Å². The van der Waals surface area contributed by atoms with Crippen LogP contribution in [0.4, 0.5) is 0 Å². The maximum atomic E-state index is 12.5. The van der Waals surface area contributed by atoms with Crippen LogP contribution in [0.1, 0.15) is 19.3 Å². The van der Waals surface area contributed by atoms with E-state index >= 15 is 0 Å². The maximum Gasteiger partial charge on any atom is 0.181 e. The van der Waals surface area contributed by atoms with Crippen molar-refractivity contribution < 1.29 is 8.42 Å². The van der Waals surface area contributed by atoms with Crippen molar-refractivity contribution in [2.75, 3.05) is 6.54 Å². The highest BCUT2D eigenvalue weighted by Gasteiger charge is 2.37. The Morgan fingerprint density at radius 1 is 1.22 bits per heavy atom. The standard InChI is InChI=1S/C12H15Cl2NO2S/c13-10-5-4-9(6-11(10)14)18(16,17)12-3-1-2-8(12)7-15/h4-6,8,12H,1-3,7,15H2. The van der Waals surface area contributed by atoms with E-state index in [4.69, 9.17) is 28.9 Å². The minimum atomic E-state index is -3.36.